The molecule has 5 nitrogen and oxygen atoms in total. The van der Waals surface area contributed by atoms with Gasteiger partial charge >= 0.3 is 0 Å². The Bertz CT molecular complexity index is 991. The number of hydrogen-bond donors (Lipinski definition) is 0. The van der Waals surface area contributed by atoms with Crippen LogP contribution < -0.4 is 4.74 Å². The number of ether oxygens (including phenoxy) is 1. The van der Waals surface area contributed by atoms with E-state index in [9.17, 15) is 14.4 Å². The fraction of sp³-hybridized carbons (Fsp3) is 0.0952. The molecular weight excluding hydrogens is 398 g/mol. The minimum absolute atomic E-state index is 0.167. The summed E-state index contributed by atoms with van der Waals surface area (Å²) in [5, 5.41) is 0.0221. The van der Waals surface area contributed by atoms with Crippen molar-refractivity contribution in [2.75, 3.05) is 13.2 Å². The van der Waals surface area contributed by atoms with Gasteiger partial charge in [0.1, 0.15) is 12.4 Å². The Kier molecular flexibility index (Phi) is 6.19. The number of carbonyl (C=O) groups excluding carboxylic acids is 3. The van der Waals surface area contributed by atoms with Crippen molar-refractivity contribution < 1.29 is 19.1 Å². The monoisotopic (exact) mass is 411 g/mol. The number of terminal acetylenes is 1. The summed E-state index contributed by atoms with van der Waals surface area (Å²) in [4.78, 5) is 38.3. The Balaban J connectivity index is 1.70. The molecule has 1 aliphatic rings. The fourth-order valence-corrected chi connectivity index (χ4v) is 3.41. The topological polar surface area (TPSA) is 63.7 Å². The number of amides is 2. The molecule has 0 bridgehead atoms. The van der Waals surface area contributed by atoms with E-state index >= 15 is 0 Å². The summed E-state index contributed by atoms with van der Waals surface area (Å²) in [6.45, 7) is -0.150. The van der Waals surface area contributed by atoms with Crippen molar-refractivity contribution in [2.24, 2.45) is 0 Å². The van der Waals surface area contributed by atoms with Crippen molar-refractivity contribution in [3.8, 4) is 18.1 Å². The van der Waals surface area contributed by atoms with Gasteiger partial charge in [0, 0.05) is 10.6 Å². The zero-order valence-electron chi connectivity index (χ0n) is 14.6. The smallest absolute Gasteiger partial charge is 0.293 e. The summed E-state index contributed by atoms with van der Waals surface area (Å²) < 4.78 is 5.29. The number of thioether (sulfide) groups is 1. The second-order valence-electron chi connectivity index (χ2n) is 5.76. The van der Waals surface area contributed by atoms with E-state index in [1.165, 1.54) is 0 Å². The first-order chi connectivity index (χ1) is 13.5. The van der Waals surface area contributed by atoms with Crippen molar-refractivity contribution in [1.82, 2.24) is 4.90 Å². The summed E-state index contributed by atoms with van der Waals surface area (Å²) >= 11 is 6.61. The highest BCUT2D eigenvalue weighted by Crippen LogP contribution is 2.32. The van der Waals surface area contributed by atoms with Crippen molar-refractivity contribution in [3.05, 3.63) is 69.6 Å². The van der Waals surface area contributed by atoms with Gasteiger partial charge in [-0.1, -0.05) is 29.7 Å². The Hall–Kier alpha value is -3.01. The summed E-state index contributed by atoms with van der Waals surface area (Å²) in [7, 11) is 0. The molecule has 1 heterocycles. The first-order valence-electron chi connectivity index (χ1n) is 8.18. The Labute approximate surface area is 171 Å². The third-order valence-corrected chi connectivity index (χ3v) is 5.00. The van der Waals surface area contributed by atoms with Gasteiger partial charge in [0.15, 0.2) is 5.78 Å². The van der Waals surface area contributed by atoms with Crippen molar-refractivity contribution in [3.63, 3.8) is 0 Å². The number of rotatable bonds is 6. The van der Waals surface area contributed by atoms with Gasteiger partial charge in [-0.3, -0.25) is 19.3 Å². The van der Waals surface area contributed by atoms with Gasteiger partial charge in [-0.15, -0.1) is 6.42 Å². The van der Waals surface area contributed by atoms with Crippen molar-refractivity contribution in [1.29, 1.82) is 0 Å². The summed E-state index contributed by atoms with van der Waals surface area (Å²) in [6.07, 6.45) is 6.74. The lowest BCUT2D eigenvalue weighted by Crippen LogP contribution is -2.33. The lowest BCUT2D eigenvalue weighted by Gasteiger charge is -2.11. The lowest BCUT2D eigenvalue weighted by molar-refractivity contribution is -0.122. The van der Waals surface area contributed by atoms with Crippen LogP contribution in [0.1, 0.15) is 15.9 Å². The molecule has 0 spiro atoms. The second kappa shape index (κ2) is 8.79. The van der Waals surface area contributed by atoms with Gasteiger partial charge in [-0.2, -0.15) is 0 Å². The molecule has 0 atom stereocenters. The van der Waals surface area contributed by atoms with Crippen LogP contribution in [0.15, 0.2) is 53.4 Å². The number of imide groups is 1. The van der Waals surface area contributed by atoms with E-state index in [1.807, 2.05) is 0 Å². The highest BCUT2D eigenvalue weighted by atomic mass is 35.5. The first-order valence-corrected chi connectivity index (χ1v) is 9.38. The normalized spacial score (nSPS) is 15.0. The maximum absolute atomic E-state index is 12.5. The molecule has 2 amide bonds. The van der Waals surface area contributed by atoms with Gasteiger partial charge in [-0.05, 0) is 59.8 Å². The number of benzene rings is 2. The highest BCUT2D eigenvalue weighted by Gasteiger charge is 2.36. The molecule has 28 heavy (non-hydrogen) atoms. The average molecular weight is 412 g/mol. The van der Waals surface area contributed by atoms with Crippen LogP contribution in [0, 0.1) is 12.3 Å². The summed E-state index contributed by atoms with van der Waals surface area (Å²) in [6, 6.07) is 13.2. The second-order valence-corrected chi connectivity index (χ2v) is 7.19. The zero-order valence-corrected chi connectivity index (χ0v) is 16.1. The van der Waals surface area contributed by atoms with Gasteiger partial charge in [0.05, 0.1) is 11.4 Å². The lowest BCUT2D eigenvalue weighted by atomic mass is 10.1. The molecule has 0 aromatic heterocycles. The molecule has 0 unspecified atom stereocenters. The quantitative estimate of drug-likeness (QED) is 0.403. The van der Waals surface area contributed by atoms with Gasteiger partial charge in [0.2, 0.25) is 0 Å². The molecule has 0 saturated carbocycles. The number of carbonyl (C=O) groups is 3. The predicted molar refractivity (Wildman–Crippen MR) is 109 cm³/mol. The third kappa shape index (κ3) is 4.63. The van der Waals surface area contributed by atoms with E-state index in [2.05, 4.69) is 5.92 Å². The van der Waals surface area contributed by atoms with Gasteiger partial charge < -0.3 is 4.74 Å². The minimum atomic E-state index is -0.495. The molecule has 0 N–H and O–H groups in total. The molecule has 2 aromatic rings. The van der Waals surface area contributed by atoms with Gasteiger partial charge in [-0.25, -0.2) is 0 Å². The fourth-order valence-electron chi connectivity index (χ4n) is 2.44. The number of nitrogens with zero attached hydrogens (tertiary/aromatic N) is 1. The van der Waals surface area contributed by atoms with Crippen LogP contribution in [0.5, 0.6) is 5.75 Å². The summed E-state index contributed by atoms with van der Waals surface area (Å²) in [5.41, 5.74) is 1.11. The Morgan fingerprint density at radius 1 is 1.14 bits per heavy atom. The molecule has 1 fully saturated rings. The molecule has 140 valence electrons. The van der Waals surface area contributed by atoms with E-state index < -0.39 is 11.1 Å². The average Bonchev–Trinajstić information content (AvgIpc) is 2.95. The van der Waals surface area contributed by atoms with Crippen LogP contribution in [-0.4, -0.2) is 35.0 Å². The SMILES string of the molecule is C#CCOc1ccc(/C=C2\SC(=O)N(CC(=O)c3ccc(Cl)cc3)C2=O)cc1. The van der Waals surface area contributed by atoms with Crippen LogP contribution in [0.4, 0.5) is 4.79 Å². The number of halogens is 1. The molecule has 1 saturated heterocycles. The van der Waals surface area contributed by atoms with Crippen LogP contribution in [0.3, 0.4) is 0 Å². The van der Waals surface area contributed by atoms with Crippen LogP contribution >= 0.6 is 23.4 Å². The van der Waals surface area contributed by atoms with Gasteiger partial charge in [0.25, 0.3) is 11.1 Å². The summed E-state index contributed by atoms with van der Waals surface area (Å²) in [5.74, 6) is 2.15. The van der Waals surface area contributed by atoms with E-state index in [1.54, 1.807) is 54.6 Å². The Morgan fingerprint density at radius 3 is 2.46 bits per heavy atom. The predicted octanol–water partition coefficient (Wildman–Crippen LogP) is 4.27. The minimum Gasteiger partial charge on any atom is -0.481 e. The highest BCUT2D eigenvalue weighted by molar-refractivity contribution is 8.18. The van der Waals surface area contributed by atoms with Crippen molar-refractivity contribution in [2.45, 2.75) is 0 Å². The maximum Gasteiger partial charge on any atom is 0.293 e. The zero-order chi connectivity index (χ0) is 20.1. The largest absolute Gasteiger partial charge is 0.481 e. The Morgan fingerprint density at radius 2 is 1.82 bits per heavy atom. The van der Waals surface area contributed by atoms with E-state index in [0.717, 1.165) is 22.2 Å². The number of hydrogen-bond acceptors (Lipinski definition) is 5. The number of ketones is 1. The molecular formula is C21H14ClNO4S. The molecule has 3 rings (SSSR count). The van der Waals surface area contributed by atoms with Crippen LogP contribution in [-0.2, 0) is 4.79 Å². The van der Waals surface area contributed by atoms with E-state index in [-0.39, 0.29) is 23.8 Å². The first kappa shape index (κ1) is 19.7. The van der Waals surface area contributed by atoms with Crippen molar-refractivity contribution >= 4 is 46.4 Å². The molecule has 7 heteroatoms. The standard InChI is InChI=1S/C21H14ClNO4S/c1-2-11-27-17-9-3-14(4-10-17)12-19-20(25)23(21(26)28-19)13-18(24)15-5-7-16(22)8-6-15/h1,3-10,12H,11,13H2/b19-12-. The number of Topliss-reactive ketones (excluding diaryl/α,β-unsaturated/α-hetero) is 1. The third-order valence-electron chi connectivity index (χ3n) is 3.84. The van der Waals surface area contributed by atoms with Crippen LogP contribution in [0.2, 0.25) is 5.02 Å². The maximum atomic E-state index is 12.5. The molecule has 2 aromatic carbocycles. The van der Waals surface area contributed by atoms with Crippen LogP contribution in [0.25, 0.3) is 6.08 Å². The molecule has 0 radical (unpaired) electrons. The molecule has 0 aliphatic carbocycles. The molecule has 1 aliphatic heterocycles. The van der Waals surface area contributed by atoms with E-state index in [4.69, 9.17) is 22.8 Å². The van der Waals surface area contributed by atoms with E-state index in [0.29, 0.717) is 16.3 Å².